The molecule has 23 heavy (non-hydrogen) atoms. The molecule has 0 unspecified atom stereocenters. The number of rotatable bonds is 7. The molecule has 126 valence electrons. The average molecular weight is 315 g/mol. The molecule has 1 fully saturated rings. The summed E-state index contributed by atoms with van der Waals surface area (Å²) in [6, 6.07) is 6.29. The van der Waals surface area contributed by atoms with Crippen LogP contribution in [-0.4, -0.2) is 49.7 Å². The second kappa shape index (κ2) is 7.84. The maximum Gasteiger partial charge on any atom is 0.120 e. The van der Waals surface area contributed by atoms with Gasteiger partial charge in [-0.3, -0.25) is 0 Å². The van der Waals surface area contributed by atoms with Crippen molar-refractivity contribution in [1.82, 2.24) is 15.2 Å². The topological polar surface area (TPSA) is 40.3 Å². The third-order valence-corrected chi connectivity index (χ3v) is 5.09. The highest BCUT2D eigenvalue weighted by molar-refractivity contribution is 5.84. The van der Waals surface area contributed by atoms with E-state index in [0.29, 0.717) is 0 Å². The number of nitrogens with one attached hydrogen (secondary N) is 2. The number of methoxy groups -OCH3 is 1. The maximum atomic E-state index is 5.30. The minimum absolute atomic E-state index is 0.864. The molecule has 2 heterocycles. The Morgan fingerprint density at radius 2 is 2.09 bits per heavy atom. The van der Waals surface area contributed by atoms with Crippen molar-refractivity contribution < 1.29 is 4.74 Å². The highest BCUT2D eigenvalue weighted by atomic mass is 16.5. The summed E-state index contributed by atoms with van der Waals surface area (Å²) in [6.07, 6.45) is 5.90. The third-order valence-electron chi connectivity index (χ3n) is 5.09. The molecule has 0 spiro atoms. The molecule has 0 amide bonds. The van der Waals surface area contributed by atoms with E-state index in [9.17, 15) is 0 Å². The number of H-pyrrole nitrogens is 1. The molecular weight excluding hydrogens is 286 g/mol. The monoisotopic (exact) mass is 315 g/mol. The van der Waals surface area contributed by atoms with E-state index in [4.69, 9.17) is 4.74 Å². The van der Waals surface area contributed by atoms with Crippen molar-refractivity contribution >= 4 is 10.9 Å². The first kappa shape index (κ1) is 16.3. The number of nitrogens with zero attached hydrogens (tertiary/aromatic N) is 1. The van der Waals surface area contributed by atoms with E-state index in [1.54, 1.807) is 7.11 Å². The Morgan fingerprint density at radius 1 is 1.26 bits per heavy atom. The van der Waals surface area contributed by atoms with Crippen molar-refractivity contribution in [3.05, 3.63) is 30.0 Å². The van der Waals surface area contributed by atoms with Crippen LogP contribution < -0.4 is 10.1 Å². The highest BCUT2D eigenvalue weighted by Crippen LogP contribution is 2.24. The Morgan fingerprint density at radius 3 is 2.83 bits per heavy atom. The van der Waals surface area contributed by atoms with Crippen LogP contribution in [0.1, 0.15) is 25.3 Å². The first-order valence-electron chi connectivity index (χ1n) is 8.87. The van der Waals surface area contributed by atoms with Crippen molar-refractivity contribution in [2.45, 2.75) is 26.2 Å². The van der Waals surface area contributed by atoms with Gasteiger partial charge in [-0.05, 0) is 62.5 Å². The lowest BCUT2D eigenvalue weighted by Crippen LogP contribution is -2.37. The summed E-state index contributed by atoms with van der Waals surface area (Å²) in [7, 11) is 1.71. The Hall–Kier alpha value is -1.52. The zero-order chi connectivity index (χ0) is 16.1. The van der Waals surface area contributed by atoms with Crippen LogP contribution in [0.25, 0.3) is 10.9 Å². The smallest absolute Gasteiger partial charge is 0.120 e. The van der Waals surface area contributed by atoms with Crippen molar-refractivity contribution in [2.24, 2.45) is 5.92 Å². The molecule has 1 aliphatic heterocycles. The van der Waals surface area contributed by atoms with Crippen molar-refractivity contribution in [1.29, 1.82) is 0 Å². The number of hydrogen-bond acceptors (Lipinski definition) is 3. The Labute approximate surface area is 139 Å². The number of aromatic nitrogens is 1. The van der Waals surface area contributed by atoms with E-state index in [2.05, 4.69) is 40.5 Å². The zero-order valence-electron chi connectivity index (χ0n) is 14.4. The van der Waals surface area contributed by atoms with Gasteiger partial charge < -0.3 is 19.9 Å². The molecule has 0 saturated carbocycles. The molecule has 4 nitrogen and oxygen atoms in total. The van der Waals surface area contributed by atoms with Crippen molar-refractivity contribution in [3.8, 4) is 5.75 Å². The molecule has 4 heteroatoms. The van der Waals surface area contributed by atoms with E-state index in [1.807, 2.05) is 6.07 Å². The average Bonchev–Trinajstić information content (AvgIpc) is 3.01. The number of piperidine rings is 1. The Kier molecular flexibility index (Phi) is 5.57. The second-order valence-electron chi connectivity index (χ2n) is 6.56. The first-order chi connectivity index (χ1) is 11.3. The van der Waals surface area contributed by atoms with Crippen LogP contribution in [0.2, 0.25) is 0 Å². The minimum atomic E-state index is 0.864. The molecule has 1 aromatic carbocycles. The lowest BCUT2D eigenvalue weighted by molar-refractivity contribution is 0.216. The predicted molar refractivity (Wildman–Crippen MR) is 96.3 cm³/mol. The summed E-state index contributed by atoms with van der Waals surface area (Å²) in [6.45, 7) is 8.17. The van der Waals surface area contributed by atoms with Gasteiger partial charge in [0.1, 0.15) is 5.75 Å². The Balaban J connectivity index is 1.59. The molecule has 0 radical (unpaired) electrons. The van der Waals surface area contributed by atoms with Gasteiger partial charge in [-0.25, -0.2) is 0 Å². The number of benzene rings is 1. The fourth-order valence-corrected chi connectivity index (χ4v) is 3.59. The number of ether oxygens (including phenoxy) is 1. The summed E-state index contributed by atoms with van der Waals surface area (Å²) in [5, 5.41) is 4.78. The minimum Gasteiger partial charge on any atom is -0.497 e. The molecule has 2 N–H and O–H groups in total. The molecule has 1 aliphatic rings. The van der Waals surface area contributed by atoms with Gasteiger partial charge in [0.05, 0.1) is 7.11 Å². The van der Waals surface area contributed by atoms with Crippen molar-refractivity contribution in [3.63, 3.8) is 0 Å². The van der Waals surface area contributed by atoms with Crippen LogP contribution in [0.4, 0.5) is 0 Å². The summed E-state index contributed by atoms with van der Waals surface area (Å²) in [5.74, 6) is 1.77. The van der Waals surface area contributed by atoms with Crippen LogP contribution in [0.15, 0.2) is 24.4 Å². The second-order valence-corrected chi connectivity index (χ2v) is 6.56. The van der Waals surface area contributed by atoms with E-state index in [0.717, 1.165) is 31.2 Å². The quantitative estimate of drug-likeness (QED) is 0.825. The molecule has 0 aliphatic carbocycles. The lowest BCUT2D eigenvalue weighted by atomic mass is 9.97. The molecule has 3 rings (SSSR count). The normalized spacial score (nSPS) is 16.3. The predicted octanol–water partition coefficient (Wildman–Crippen LogP) is 3.04. The van der Waals surface area contributed by atoms with Crippen LogP contribution in [0.3, 0.4) is 0 Å². The van der Waals surface area contributed by atoms with E-state index in [-0.39, 0.29) is 0 Å². The lowest BCUT2D eigenvalue weighted by Gasteiger charge is -2.29. The third kappa shape index (κ3) is 4.06. The fraction of sp³-hybridized carbons (Fsp3) is 0.579. The first-order valence-corrected chi connectivity index (χ1v) is 8.87. The molecule has 1 aromatic heterocycles. The van der Waals surface area contributed by atoms with Crippen LogP contribution in [-0.2, 0) is 6.42 Å². The van der Waals surface area contributed by atoms with E-state index >= 15 is 0 Å². The summed E-state index contributed by atoms with van der Waals surface area (Å²) in [4.78, 5) is 5.99. The number of fused-ring (bicyclic) bond motifs is 1. The standard InChI is InChI=1S/C19H29N3O/c1-3-22(14-15-6-9-20-10-7-15)11-8-16-13-21-19-12-17(23-2)4-5-18(16)19/h4-5,12-13,15,20-21H,3,6-11,14H2,1-2H3. The Bertz CT molecular complexity index is 616. The van der Waals surface area contributed by atoms with Crippen molar-refractivity contribution in [2.75, 3.05) is 39.8 Å². The van der Waals surface area contributed by atoms with Crippen LogP contribution in [0, 0.1) is 5.92 Å². The summed E-state index contributed by atoms with van der Waals surface area (Å²) >= 11 is 0. The SMILES string of the molecule is CCN(CCc1c[nH]c2cc(OC)ccc12)CC1CCNCC1. The number of hydrogen-bond donors (Lipinski definition) is 2. The molecule has 0 atom stereocenters. The maximum absolute atomic E-state index is 5.30. The molecule has 0 bridgehead atoms. The van der Waals surface area contributed by atoms with Gasteiger partial charge >= 0.3 is 0 Å². The van der Waals surface area contributed by atoms with Crippen LogP contribution >= 0.6 is 0 Å². The largest absolute Gasteiger partial charge is 0.497 e. The molecule has 2 aromatic rings. The summed E-state index contributed by atoms with van der Waals surface area (Å²) < 4.78 is 5.30. The van der Waals surface area contributed by atoms with Gasteiger partial charge in [0, 0.05) is 36.3 Å². The number of likely N-dealkylation sites (N-methyl/N-ethyl adjacent to an activating group) is 1. The molecule has 1 saturated heterocycles. The zero-order valence-corrected chi connectivity index (χ0v) is 14.4. The van der Waals surface area contributed by atoms with Gasteiger partial charge in [0.2, 0.25) is 0 Å². The summed E-state index contributed by atoms with van der Waals surface area (Å²) in [5.41, 5.74) is 2.58. The van der Waals surface area contributed by atoms with E-state index in [1.165, 1.54) is 48.9 Å². The number of aromatic amines is 1. The van der Waals surface area contributed by atoms with Gasteiger partial charge in [0.15, 0.2) is 0 Å². The van der Waals surface area contributed by atoms with Gasteiger partial charge in [-0.2, -0.15) is 0 Å². The van der Waals surface area contributed by atoms with Gasteiger partial charge in [-0.15, -0.1) is 0 Å². The fourth-order valence-electron chi connectivity index (χ4n) is 3.59. The molecular formula is C19H29N3O. The highest BCUT2D eigenvalue weighted by Gasteiger charge is 2.16. The van der Waals surface area contributed by atoms with Gasteiger partial charge in [-0.1, -0.05) is 6.92 Å². The van der Waals surface area contributed by atoms with Gasteiger partial charge in [0.25, 0.3) is 0 Å². The van der Waals surface area contributed by atoms with E-state index < -0.39 is 0 Å². The van der Waals surface area contributed by atoms with Crippen LogP contribution in [0.5, 0.6) is 5.75 Å².